The SMILES string of the molecule is CCCCCc1cc(O)c2c(c1)OC(C)(C)C(CCC(=O)ON1C(=O)CCC1=O)C2C. The molecule has 2 atom stereocenters. The molecule has 1 aromatic carbocycles. The number of unbranched alkanes of at least 4 members (excludes halogenated alkanes) is 2. The number of aromatic hydroxyl groups is 1. The van der Waals surface area contributed by atoms with Crippen LogP contribution in [0.25, 0.3) is 0 Å². The lowest BCUT2D eigenvalue weighted by atomic mass is 9.72. The zero-order valence-corrected chi connectivity index (χ0v) is 18.9. The van der Waals surface area contributed by atoms with E-state index in [1.165, 1.54) is 0 Å². The summed E-state index contributed by atoms with van der Waals surface area (Å²) in [6.07, 6.45) is 4.89. The molecule has 0 radical (unpaired) electrons. The molecule has 0 saturated carbocycles. The largest absolute Gasteiger partial charge is 0.508 e. The van der Waals surface area contributed by atoms with Crippen molar-refractivity contribution in [3.8, 4) is 11.5 Å². The summed E-state index contributed by atoms with van der Waals surface area (Å²) < 4.78 is 6.30. The van der Waals surface area contributed by atoms with E-state index in [4.69, 9.17) is 9.57 Å². The lowest BCUT2D eigenvalue weighted by Gasteiger charge is -2.44. The molecule has 0 bridgehead atoms. The second kappa shape index (κ2) is 9.28. The van der Waals surface area contributed by atoms with Gasteiger partial charge in [0.2, 0.25) is 0 Å². The predicted octanol–water partition coefficient (Wildman–Crippen LogP) is 4.40. The Morgan fingerprint density at radius 3 is 2.55 bits per heavy atom. The van der Waals surface area contributed by atoms with E-state index in [2.05, 4.69) is 6.92 Å². The van der Waals surface area contributed by atoms with Crippen molar-refractivity contribution in [2.75, 3.05) is 0 Å². The maximum Gasteiger partial charge on any atom is 0.333 e. The van der Waals surface area contributed by atoms with Gasteiger partial charge in [-0.2, -0.15) is 0 Å². The van der Waals surface area contributed by atoms with Gasteiger partial charge in [-0.3, -0.25) is 9.59 Å². The number of fused-ring (bicyclic) bond motifs is 1. The fraction of sp³-hybridized carbons (Fsp3) is 0.625. The first-order valence-corrected chi connectivity index (χ1v) is 11.3. The van der Waals surface area contributed by atoms with Gasteiger partial charge < -0.3 is 14.7 Å². The van der Waals surface area contributed by atoms with Crippen LogP contribution in [0, 0.1) is 5.92 Å². The van der Waals surface area contributed by atoms with Gasteiger partial charge in [-0.25, -0.2) is 4.79 Å². The molecule has 2 aliphatic rings. The molecule has 2 aliphatic heterocycles. The first-order chi connectivity index (χ1) is 14.6. The van der Waals surface area contributed by atoms with E-state index in [1.54, 1.807) is 0 Å². The van der Waals surface area contributed by atoms with Crippen LogP contribution < -0.4 is 4.74 Å². The molecule has 0 aliphatic carbocycles. The molecule has 2 unspecified atom stereocenters. The number of ether oxygens (including phenoxy) is 1. The van der Waals surface area contributed by atoms with Crippen LogP contribution in [0.4, 0.5) is 0 Å². The molecule has 7 heteroatoms. The fourth-order valence-electron chi connectivity index (χ4n) is 4.77. The van der Waals surface area contributed by atoms with Crippen molar-refractivity contribution in [1.29, 1.82) is 0 Å². The maximum absolute atomic E-state index is 12.3. The maximum atomic E-state index is 12.3. The zero-order chi connectivity index (χ0) is 22.8. The number of hydrogen-bond donors (Lipinski definition) is 1. The molecule has 0 aromatic heterocycles. The van der Waals surface area contributed by atoms with E-state index in [-0.39, 0.29) is 36.8 Å². The van der Waals surface area contributed by atoms with Crippen LogP contribution in [-0.2, 0) is 25.6 Å². The monoisotopic (exact) mass is 431 g/mol. The van der Waals surface area contributed by atoms with Crippen molar-refractivity contribution in [3.05, 3.63) is 23.3 Å². The molecule has 3 rings (SSSR count). The number of nitrogens with zero attached hydrogens (tertiary/aromatic N) is 1. The molecule has 2 heterocycles. The smallest absolute Gasteiger partial charge is 0.333 e. The van der Waals surface area contributed by atoms with Gasteiger partial charge in [0, 0.05) is 30.7 Å². The summed E-state index contributed by atoms with van der Waals surface area (Å²) in [6.45, 7) is 8.16. The van der Waals surface area contributed by atoms with Crippen molar-refractivity contribution in [2.45, 2.75) is 90.6 Å². The number of aryl methyl sites for hydroxylation is 1. The highest BCUT2D eigenvalue weighted by molar-refractivity contribution is 6.01. The Morgan fingerprint density at radius 2 is 1.90 bits per heavy atom. The Balaban J connectivity index is 1.70. The summed E-state index contributed by atoms with van der Waals surface area (Å²) in [5.41, 5.74) is 1.28. The second-order valence-electron chi connectivity index (χ2n) is 9.17. The highest BCUT2D eigenvalue weighted by Gasteiger charge is 2.43. The molecule has 7 nitrogen and oxygen atoms in total. The minimum absolute atomic E-state index is 0.0358. The Kier molecular flexibility index (Phi) is 6.92. The summed E-state index contributed by atoms with van der Waals surface area (Å²) in [7, 11) is 0. The van der Waals surface area contributed by atoms with Crippen LogP contribution >= 0.6 is 0 Å². The van der Waals surface area contributed by atoms with Gasteiger partial charge in [0.05, 0.1) is 0 Å². The van der Waals surface area contributed by atoms with Crippen molar-refractivity contribution in [3.63, 3.8) is 0 Å². The molecule has 170 valence electrons. The Morgan fingerprint density at radius 1 is 1.23 bits per heavy atom. The van der Waals surface area contributed by atoms with Crippen LogP contribution in [0.1, 0.15) is 89.7 Å². The molecule has 2 amide bonds. The third-order valence-electron chi connectivity index (χ3n) is 6.43. The molecule has 1 aromatic rings. The van der Waals surface area contributed by atoms with Crippen molar-refractivity contribution in [1.82, 2.24) is 5.06 Å². The lowest BCUT2D eigenvalue weighted by Crippen LogP contribution is -2.44. The van der Waals surface area contributed by atoms with Crippen molar-refractivity contribution < 1.29 is 29.1 Å². The number of phenols is 1. The van der Waals surface area contributed by atoms with E-state index >= 15 is 0 Å². The van der Waals surface area contributed by atoms with E-state index < -0.39 is 23.4 Å². The minimum atomic E-state index is -0.618. The van der Waals surface area contributed by atoms with Crippen LogP contribution in [0.3, 0.4) is 0 Å². The molecule has 31 heavy (non-hydrogen) atoms. The summed E-state index contributed by atoms with van der Waals surface area (Å²) in [5.74, 6) is -0.749. The number of hydroxylamine groups is 2. The van der Waals surface area contributed by atoms with Gasteiger partial charge in [0.1, 0.15) is 17.1 Å². The minimum Gasteiger partial charge on any atom is -0.508 e. The fourth-order valence-corrected chi connectivity index (χ4v) is 4.77. The standard InChI is InChI=1S/C24H33NO6/c1-5-6-7-8-16-13-18(26)23-15(2)17(24(3,4)30-19(23)14-16)9-12-22(29)31-25-20(27)10-11-21(25)28/h13-15,17,26H,5-12H2,1-4H3. The Labute approximate surface area is 183 Å². The third-order valence-corrected chi connectivity index (χ3v) is 6.43. The van der Waals surface area contributed by atoms with Crippen molar-refractivity contribution >= 4 is 17.8 Å². The van der Waals surface area contributed by atoms with Gasteiger partial charge in [-0.1, -0.05) is 26.7 Å². The second-order valence-corrected chi connectivity index (χ2v) is 9.17. The molecule has 1 N–H and O–H groups in total. The van der Waals surface area contributed by atoms with E-state index in [0.29, 0.717) is 17.2 Å². The van der Waals surface area contributed by atoms with Gasteiger partial charge in [-0.05, 0) is 56.7 Å². The summed E-state index contributed by atoms with van der Waals surface area (Å²) in [5, 5.41) is 11.3. The first-order valence-electron chi connectivity index (χ1n) is 11.3. The van der Waals surface area contributed by atoms with Gasteiger partial charge in [0.15, 0.2) is 0 Å². The number of benzene rings is 1. The third kappa shape index (κ3) is 5.02. The molecular weight excluding hydrogens is 398 g/mol. The number of carbonyl (C=O) groups excluding carboxylic acids is 3. The van der Waals surface area contributed by atoms with E-state index in [1.807, 2.05) is 32.9 Å². The number of hydrogen-bond acceptors (Lipinski definition) is 6. The van der Waals surface area contributed by atoms with Crippen LogP contribution in [0.2, 0.25) is 0 Å². The highest BCUT2D eigenvalue weighted by atomic mass is 16.7. The Hall–Kier alpha value is -2.57. The predicted molar refractivity (Wildman–Crippen MR) is 114 cm³/mol. The summed E-state index contributed by atoms with van der Waals surface area (Å²) in [6, 6.07) is 3.85. The Bertz CT molecular complexity index is 846. The highest BCUT2D eigenvalue weighted by Crippen LogP contribution is 2.50. The topological polar surface area (TPSA) is 93.1 Å². The van der Waals surface area contributed by atoms with Gasteiger partial charge in [-0.15, -0.1) is 5.06 Å². The van der Waals surface area contributed by atoms with Crippen LogP contribution in [0.5, 0.6) is 11.5 Å². The number of amides is 2. The summed E-state index contributed by atoms with van der Waals surface area (Å²) >= 11 is 0. The normalized spacial score (nSPS) is 22.3. The average molecular weight is 432 g/mol. The lowest BCUT2D eigenvalue weighted by molar-refractivity contribution is -0.197. The molecule has 1 saturated heterocycles. The average Bonchev–Trinajstić information content (AvgIpc) is 2.98. The van der Waals surface area contributed by atoms with E-state index in [0.717, 1.165) is 36.8 Å². The van der Waals surface area contributed by atoms with Gasteiger partial charge >= 0.3 is 5.97 Å². The number of rotatable bonds is 8. The number of imide groups is 1. The quantitative estimate of drug-likeness (QED) is 0.484. The van der Waals surface area contributed by atoms with E-state index in [9.17, 15) is 19.5 Å². The zero-order valence-electron chi connectivity index (χ0n) is 18.9. The van der Waals surface area contributed by atoms with Crippen LogP contribution in [0.15, 0.2) is 12.1 Å². The van der Waals surface area contributed by atoms with Crippen molar-refractivity contribution in [2.24, 2.45) is 5.92 Å². The molecule has 1 fully saturated rings. The number of phenolic OH excluding ortho intramolecular Hbond substituents is 1. The number of carbonyl (C=O) groups is 3. The summed E-state index contributed by atoms with van der Waals surface area (Å²) in [4.78, 5) is 40.6. The molecular formula is C24H33NO6. The molecule has 0 spiro atoms. The van der Waals surface area contributed by atoms with Crippen LogP contribution in [-0.4, -0.2) is 33.6 Å². The van der Waals surface area contributed by atoms with Gasteiger partial charge in [0.25, 0.3) is 11.8 Å². The first kappa shape index (κ1) is 23.1.